The Kier molecular flexibility index (Phi) is 3.30. The second-order valence-electron chi connectivity index (χ2n) is 6.17. The molecule has 2 aliphatic rings. The predicted molar refractivity (Wildman–Crippen MR) is 79.6 cm³/mol. The van der Waals surface area contributed by atoms with E-state index in [1.807, 2.05) is 0 Å². The molecule has 1 spiro atoms. The Hall–Kier alpha value is -1.86. The van der Waals surface area contributed by atoms with Gasteiger partial charge in [0.15, 0.2) is 5.15 Å². The van der Waals surface area contributed by atoms with Gasteiger partial charge in [0.2, 0.25) is 0 Å². The lowest BCUT2D eigenvalue weighted by molar-refractivity contribution is -0.137. The number of fused-ring (bicyclic) bond motifs is 1. The molecule has 4 nitrogen and oxygen atoms in total. The fourth-order valence-corrected chi connectivity index (χ4v) is 3.21. The van der Waals surface area contributed by atoms with E-state index in [-0.39, 0.29) is 22.9 Å². The molecule has 1 aliphatic heterocycles. The SMILES string of the molecule is Oc1cc(C(F)(F)F)ccc1-c1nnc(Cl)c2c1CC1(CC1)OC2. The maximum Gasteiger partial charge on any atom is 0.416 e. The van der Waals surface area contributed by atoms with E-state index < -0.39 is 17.5 Å². The van der Waals surface area contributed by atoms with Crippen LogP contribution in [0.25, 0.3) is 11.3 Å². The van der Waals surface area contributed by atoms with Gasteiger partial charge in [0.25, 0.3) is 0 Å². The number of phenols is 1. The number of ether oxygens (including phenoxy) is 1. The van der Waals surface area contributed by atoms with Gasteiger partial charge >= 0.3 is 6.18 Å². The van der Waals surface area contributed by atoms with E-state index in [4.69, 9.17) is 16.3 Å². The van der Waals surface area contributed by atoms with E-state index in [1.165, 1.54) is 6.07 Å². The van der Waals surface area contributed by atoms with Crippen LogP contribution in [0.3, 0.4) is 0 Å². The van der Waals surface area contributed by atoms with E-state index in [1.54, 1.807) is 0 Å². The topological polar surface area (TPSA) is 55.2 Å². The highest BCUT2D eigenvalue weighted by Crippen LogP contribution is 2.49. The second-order valence-corrected chi connectivity index (χ2v) is 6.53. The molecule has 0 bridgehead atoms. The number of rotatable bonds is 1. The Morgan fingerprint density at radius 1 is 1.17 bits per heavy atom. The fourth-order valence-electron chi connectivity index (χ4n) is 3.00. The standard InChI is InChI=1S/C16H12ClF3N2O2/c17-14-11-7-24-15(3-4-15)6-10(11)13(21-22-14)9-2-1-8(5-12(9)23)16(18,19)20/h1-2,5,23H,3-4,6-7H2. The Labute approximate surface area is 140 Å². The first-order valence-electron chi connectivity index (χ1n) is 7.38. The summed E-state index contributed by atoms with van der Waals surface area (Å²) >= 11 is 6.08. The van der Waals surface area contributed by atoms with Crippen LogP contribution in [0.15, 0.2) is 18.2 Å². The van der Waals surface area contributed by atoms with Gasteiger partial charge in [-0.25, -0.2) is 0 Å². The van der Waals surface area contributed by atoms with Crippen LogP contribution in [0.4, 0.5) is 13.2 Å². The van der Waals surface area contributed by atoms with Gasteiger partial charge in [0.1, 0.15) is 11.4 Å². The van der Waals surface area contributed by atoms with E-state index >= 15 is 0 Å². The molecule has 1 N–H and O–H groups in total. The zero-order valence-electron chi connectivity index (χ0n) is 12.3. The van der Waals surface area contributed by atoms with Gasteiger partial charge < -0.3 is 9.84 Å². The van der Waals surface area contributed by atoms with Crippen LogP contribution in [0.1, 0.15) is 29.5 Å². The number of halogens is 4. The molecule has 126 valence electrons. The zero-order valence-corrected chi connectivity index (χ0v) is 13.1. The number of benzene rings is 1. The minimum atomic E-state index is -4.52. The van der Waals surface area contributed by atoms with Gasteiger partial charge in [0.05, 0.1) is 17.8 Å². The van der Waals surface area contributed by atoms with Crippen molar-refractivity contribution in [2.24, 2.45) is 0 Å². The molecule has 2 heterocycles. The predicted octanol–water partition coefficient (Wildman–Crippen LogP) is 4.13. The van der Waals surface area contributed by atoms with Gasteiger partial charge in [-0.2, -0.15) is 13.2 Å². The van der Waals surface area contributed by atoms with Gasteiger partial charge in [0, 0.05) is 17.5 Å². The average molecular weight is 357 g/mol. The van der Waals surface area contributed by atoms with Gasteiger partial charge in [-0.05, 0) is 36.6 Å². The fraction of sp³-hybridized carbons (Fsp3) is 0.375. The first kappa shape index (κ1) is 15.7. The molecule has 0 unspecified atom stereocenters. The highest BCUT2D eigenvalue weighted by Gasteiger charge is 2.48. The summed E-state index contributed by atoms with van der Waals surface area (Å²) in [6, 6.07) is 2.83. The van der Waals surface area contributed by atoms with Crippen LogP contribution in [0.5, 0.6) is 5.75 Å². The van der Waals surface area contributed by atoms with Crippen molar-refractivity contribution < 1.29 is 23.0 Å². The third-order valence-corrected chi connectivity index (χ3v) is 4.85. The monoisotopic (exact) mass is 356 g/mol. The van der Waals surface area contributed by atoms with Gasteiger partial charge in [-0.1, -0.05) is 11.6 Å². The molecule has 0 atom stereocenters. The summed E-state index contributed by atoms with van der Waals surface area (Å²) < 4.78 is 44.1. The maximum absolute atomic E-state index is 12.8. The maximum atomic E-state index is 12.8. The number of hydrogen-bond donors (Lipinski definition) is 1. The molecule has 1 fully saturated rings. The molecule has 8 heteroatoms. The van der Waals surface area contributed by atoms with Crippen molar-refractivity contribution in [2.45, 2.75) is 37.6 Å². The number of aromatic hydroxyl groups is 1. The molecule has 1 saturated carbocycles. The van der Waals surface area contributed by atoms with E-state index in [0.717, 1.165) is 24.5 Å². The Morgan fingerprint density at radius 2 is 1.92 bits per heavy atom. The summed E-state index contributed by atoms with van der Waals surface area (Å²) in [4.78, 5) is 0. The molecule has 24 heavy (non-hydrogen) atoms. The minimum Gasteiger partial charge on any atom is -0.507 e. The van der Waals surface area contributed by atoms with Crippen molar-refractivity contribution in [3.63, 3.8) is 0 Å². The summed E-state index contributed by atoms with van der Waals surface area (Å²) in [6.07, 6.45) is -2.12. The average Bonchev–Trinajstić information content (AvgIpc) is 3.26. The van der Waals surface area contributed by atoms with Gasteiger partial charge in [-0.3, -0.25) is 0 Å². The first-order chi connectivity index (χ1) is 11.3. The molecular weight excluding hydrogens is 345 g/mol. The summed E-state index contributed by atoms with van der Waals surface area (Å²) in [5, 5.41) is 18.2. The highest BCUT2D eigenvalue weighted by molar-refractivity contribution is 6.30. The zero-order chi connectivity index (χ0) is 17.1. The first-order valence-corrected chi connectivity index (χ1v) is 7.75. The second kappa shape index (κ2) is 5.07. The molecule has 1 aliphatic carbocycles. The lowest BCUT2D eigenvalue weighted by Crippen LogP contribution is -2.25. The van der Waals surface area contributed by atoms with E-state index in [9.17, 15) is 18.3 Å². The third kappa shape index (κ3) is 2.52. The van der Waals surface area contributed by atoms with Crippen LogP contribution >= 0.6 is 11.6 Å². The summed E-state index contributed by atoms with van der Waals surface area (Å²) in [6.45, 7) is 0.290. The highest BCUT2D eigenvalue weighted by atomic mass is 35.5. The number of aromatic nitrogens is 2. The molecule has 0 radical (unpaired) electrons. The molecule has 1 aromatic carbocycles. The lowest BCUT2D eigenvalue weighted by Gasteiger charge is -2.27. The summed E-state index contributed by atoms with van der Waals surface area (Å²) in [7, 11) is 0. The van der Waals surface area contributed by atoms with Crippen molar-refractivity contribution in [2.75, 3.05) is 0 Å². The largest absolute Gasteiger partial charge is 0.507 e. The number of phenolic OH excluding ortho intramolecular Hbond substituents is 1. The van der Waals surface area contributed by atoms with E-state index in [0.29, 0.717) is 23.7 Å². The van der Waals surface area contributed by atoms with E-state index in [2.05, 4.69) is 10.2 Å². The van der Waals surface area contributed by atoms with Crippen LogP contribution < -0.4 is 0 Å². The molecule has 2 aromatic rings. The summed E-state index contributed by atoms with van der Waals surface area (Å²) in [5.74, 6) is -0.486. The quantitative estimate of drug-likeness (QED) is 0.834. The Morgan fingerprint density at radius 3 is 2.54 bits per heavy atom. The molecule has 1 aromatic heterocycles. The van der Waals surface area contributed by atoms with Crippen molar-refractivity contribution in [3.05, 3.63) is 40.0 Å². The van der Waals surface area contributed by atoms with Crippen molar-refractivity contribution in [1.29, 1.82) is 0 Å². The normalized spacial score (nSPS) is 18.5. The van der Waals surface area contributed by atoms with Crippen molar-refractivity contribution >= 4 is 11.6 Å². The van der Waals surface area contributed by atoms with Crippen LogP contribution in [-0.2, 0) is 23.9 Å². The summed E-state index contributed by atoms with van der Waals surface area (Å²) in [5.41, 5.74) is 0.889. The number of hydrogen-bond acceptors (Lipinski definition) is 4. The third-order valence-electron chi connectivity index (χ3n) is 4.55. The number of nitrogens with zero attached hydrogens (tertiary/aromatic N) is 2. The van der Waals surface area contributed by atoms with Crippen LogP contribution in [0, 0.1) is 0 Å². The van der Waals surface area contributed by atoms with Crippen molar-refractivity contribution in [3.8, 4) is 17.0 Å². The Bertz CT molecular complexity index is 835. The number of alkyl halides is 3. The Balaban J connectivity index is 1.83. The minimum absolute atomic E-state index is 0.209. The lowest BCUT2D eigenvalue weighted by atomic mass is 9.93. The van der Waals surface area contributed by atoms with Gasteiger partial charge in [-0.15, -0.1) is 10.2 Å². The van der Waals surface area contributed by atoms with Crippen LogP contribution in [-0.4, -0.2) is 20.9 Å². The smallest absolute Gasteiger partial charge is 0.416 e. The molecule has 0 saturated heterocycles. The molecule has 4 rings (SSSR count). The van der Waals surface area contributed by atoms with Crippen LogP contribution in [0.2, 0.25) is 5.15 Å². The molecule has 0 amide bonds. The molecular formula is C16H12ClF3N2O2. The van der Waals surface area contributed by atoms with Crippen molar-refractivity contribution in [1.82, 2.24) is 10.2 Å².